The number of nitrogens with one attached hydrogen (secondary N) is 1. The number of nitrogens with zero attached hydrogens (tertiary/aromatic N) is 2. The first-order valence-electron chi connectivity index (χ1n) is 10.2. The summed E-state index contributed by atoms with van der Waals surface area (Å²) in [5.74, 6) is 0.132. The number of carbonyl (C=O) groups is 1. The SMILES string of the molecule is Cc1ccc2c(c1)C1(C)CCN(C(=O)c3ccc4nc[nH]c4c3)C(C2)C1(C)C. The van der Waals surface area contributed by atoms with Crippen LogP contribution in [-0.4, -0.2) is 33.4 Å². The first-order valence-corrected chi connectivity index (χ1v) is 10.2. The molecule has 0 saturated carbocycles. The number of benzene rings is 2. The summed E-state index contributed by atoms with van der Waals surface area (Å²) in [4.78, 5) is 23.0. The zero-order valence-corrected chi connectivity index (χ0v) is 17.0. The van der Waals surface area contributed by atoms with Crippen molar-refractivity contribution in [2.24, 2.45) is 5.41 Å². The third-order valence-electron chi connectivity index (χ3n) is 7.69. The van der Waals surface area contributed by atoms with Crippen molar-refractivity contribution in [1.82, 2.24) is 14.9 Å². The van der Waals surface area contributed by atoms with Crippen molar-refractivity contribution in [3.8, 4) is 0 Å². The maximum Gasteiger partial charge on any atom is 0.254 e. The standard InChI is InChI=1S/C24H27N3O/c1-15-5-6-16-13-21-23(2,3)24(4,18(16)11-15)9-10-27(21)22(28)17-7-8-19-20(12-17)26-14-25-19/h5-8,11-12,14,21H,9-10,13H2,1-4H3,(H,25,26). The predicted molar refractivity (Wildman–Crippen MR) is 112 cm³/mol. The Balaban J connectivity index is 1.57. The van der Waals surface area contributed by atoms with Gasteiger partial charge in [-0.2, -0.15) is 0 Å². The molecule has 4 nitrogen and oxygen atoms in total. The maximum atomic E-state index is 13.5. The third kappa shape index (κ3) is 2.24. The molecule has 1 aliphatic carbocycles. The molecular formula is C24H27N3O. The van der Waals surface area contributed by atoms with E-state index in [1.165, 1.54) is 16.7 Å². The van der Waals surface area contributed by atoms with Crippen molar-refractivity contribution in [1.29, 1.82) is 0 Å². The van der Waals surface area contributed by atoms with Crippen molar-refractivity contribution in [2.75, 3.05) is 6.54 Å². The van der Waals surface area contributed by atoms with E-state index < -0.39 is 0 Å². The van der Waals surface area contributed by atoms with E-state index in [0.717, 1.165) is 36.0 Å². The minimum Gasteiger partial charge on any atom is -0.345 e. The van der Waals surface area contributed by atoms with Crippen LogP contribution in [0, 0.1) is 12.3 Å². The second-order valence-corrected chi connectivity index (χ2v) is 9.32. The van der Waals surface area contributed by atoms with E-state index in [1.807, 2.05) is 18.2 Å². The molecule has 5 rings (SSSR count). The normalized spacial score (nSPS) is 25.6. The Morgan fingerprint density at radius 3 is 2.82 bits per heavy atom. The Hall–Kier alpha value is -2.62. The van der Waals surface area contributed by atoms with Crippen molar-refractivity contribution in [3.05, 3.63) is 65.0 Å². The second kappa shape index (κ2) is 5.69. The third-order valence-corrected chi connectivity index (χ3v) is 7.69. The molecular weight excluding hydrogens is 346 g/mol. The van der Waals surface area contributed by atoms with E-state index >= 15 is 0 Å². The molecule has 1 saturated heterocycles. The first-order chi connectivity index (χ1) is 13.3. The van der Waals surface area contributed by atoms with Gasteiger partial charge < -0.3 is 9.88 Å². The van der Waals surface area contributed by atoms with Gasteiger partial charge in [-0.05, 0) is 54.5 Å². The Morgan fingerprint density at radius 2 is 2.00 bits per heavy atom. The number of aromatic nitrogens is 2. The van der Waals surface area contributed by atoms with Gasteiger partial charge in [-0.3, -0.25) is 4.79 Å². The number of aromatic amines is 1. The molecule has 1 N–H and O–H groups in total. The maximum absolute atomic E-state index is 13.5. The Kier molecular flexibility index (Phi) is 3.55. The zero-order chi connectivity index (χ0) is 19.7. The summed E-state index contributed by atoms with van der Waals surface area (Å²) in [5, 5.41) is 0. The number of rotatable bonds is 1. The molecule has 1 amide bonds. The molecule has 3 aromatic rings. The highest BCUT2D eigenvalue weighted by atomic mass is 16.2. The first kappa shape index (κ1) is 17.5. The van der Waals surface area contributed by atoms with Crippen molar-refractivity contribution in [3.63, 3.8) is 0 Å². The number of imidazole rings is 1. The van der Waals surface area contributed by atoms with Gasteiger partial charge >= 0.3 is 0 Å². The van der Waals surface area contributed by atoms with E-state index in [4.69, 9.17) is 0 Å². The summed E-state index contributed by atoms with van der Waals surface area (Å²) in [6, 6.07) is 12.8. The Bertz CT molecular complexity index is 1100. The quantitative estimate of drug-likeness (QED) is 0.676. The van der Waals surface area contributed by atoms with Crippen molar-refractivity contribution >= 4 is 16.9 Å². The molecule has 2 atom stereocenters. The van der Waals surface area contributed by atoms with Gasteiger partial charge in [0.05, 0.1) is 17.4 Å². The van der Waals surface area contributed by atoms with Gasteiger partial charge in [0, 0.05) is 23.6 Å². The van der Waals surface area contributed by atoms with E-state index in [0.29, 0.717) is 0 Å². The number of likely N-dealkylation sites (tertiary alicyclic amines) is 1. The molecule has 1 aromatic heterocycles. The number of fused-ring (bicyclic) bond motifs is 5. The van der Waals surface area contributed by atoms with Crippen molar-refractivity contribution in [2.45, 2.75) is 52.0 Å². The molecule has 2 aliphatic rings. The predicted octanol–water partition coefficient (Wildman–Crippen LogP) is 4.63. The fourth-order valence-electron chi connectivity index (χ4n) is 5.49. The van der Waals surface area contributed by atoms with E-state index in [2.05, 4.69) is 60.8 Å². The van der Waals surface area contributed by atoms with Gasteiger partial charge in [0.15, 0.2) is 0 Å². The summed E-state index contributed by atoms with van der Waals surface area (Å²) < 4.78 is 0. The van der Waals surface area contributed by atoms with Crippen LogP contribution in [0.5, 0.6) is 0 Å². The molecule has 144 valence electrons. The summed E-state index contributed by atoms with van der Waals surface area (Å²) in [6.07, 6.45) is 3.59. The number of hydrogen-bond acceptors (Lipinski definition) is 2. The molecule has 0 spiro atoms. The highest BCUT2D eigenvalue weighted by molar-refractivity contribution is 5.97. The summed E-state index contributed by atoms with van der Waals surface area (Å²) in [6.45, 7) is 10.1. The summed E-state index contributed by atoms with van der Waals surface area (Å²) >= 11 is 0. The average molecular weight is 374 g/mol. The molecule has 1 aliphatic heterocycles. The van der Waals surface area contributed by atoms with Gasteiger partial charge in [-0.15, -0.1) is 0 Å². The lowest BCUT2D eigenvalue weighted by atomic mass is 9.51. The van der Waals surface area contributed by atoms with Gasteiger partial charge in [0.25, 0.3) is 5.91 Å². The Morgan fingerprint density at radius 1 is 1.18 bits per heavy atom. The van der Waals surface area contributed by atoms with Crippen LogP contribution in [0.3, 0.4) is 0 Å². The molecule has 2 unspecified atom stereocenters. The van der Waals surface area contributed by atoms with Crippen LogP contribution in [0.1, 0.15) is 54.2 Å². The van der Waals surface area contributed by atoms with Gasteiger partial charge in [-0.25, -0.2) is 4.98 Å². The molecule has 2 bridgehead atoms. The van der Waals surface area contributed by atoms with E-state index in [-0.39, 0.29) is 22.8 Å². The lowest BCUT2D eigenvalue weighted by molar-refractivity contribution is -0.0262. The zero-order valence-electron chi connectivity index (χ0n) is 17.0. The van der Waals surface area contributed by atoms with Crippen LogP contribution in [0.25, 0.3) is 11.0 Å². The smallest absolute Gasteiger partial charge is 0.254 e. The lowest BCUT2D eigenvalue weighted by Gasteiger charge is -2.61. The fourth-order valence-corrected chi connectivity index (χ4v) is 5.49. The fraction of sp³-hybridized carbons (Fsp3) is 0.417. The van der Waals surface area contributed by atoms with Crippen molar-refractivity contribution < 1.29 is 4.79 Å². The van der Waals surface area contributed by atoms with Crippen LogP contribution in [0.2, 0.25) is 0 Å². The van der Waals surface area contributed by atoms with Gasteiger partial charge in [-0.1, -0.05) is 44.5 Å². The number of hydrogen-bond donors (Lipinski definition) is 1. The molecule has 0 radical (unpaired) electrons. The summed E-state index contributed by atoms with van der Waals surface area (Å²) in [7, 11) is 0. The highest BCUT2D eigenvalue weighted by Gasteiger charge is 2.56. The molecule has 4 heteroatoms. The van der Waals surface area contributed by atoms with Crippen LogP contribution in [-0.2, 0) is 11.8 Å². The molecule has 28 heavy (non-hydrogen) atoms. The molecule has 1 fully saturated rings. The summed E-state index contributed by atoms with van der Waals surface area (Å²) in [5.41, 5.74) is 6.85. The minimum atomic E-state index is 0.0137. The monoisotopic (exact) mass is 373 g/mol. The van der Waals surface area contributed by atoms with Crippen LogP contribution < -0.4 is 0 Å². The molecule has 2 aromatic carbocycles. The number of carbonyl (C=O) groups excluding carboxylic acids is 1. The van der Waals surface area contributed by atoms with E-state index in [9.17, 15) is 4.79 Å². The van der Waals surface area contributed by atoms with Gasteiger partial charge in [0.1, 0.15) is 0 Å². The second-order valence-electron chi connectivity index (χ2n) is 9.32. The average Bonchev–Trinajstić information content (AvgIpc) is 3.13. The number of aryl methyl sites for hydroxylation is 1. The highest BCUT2D eigenvalue weighted by Crippen LogP contribution is 2.56. The largest absolute Gasteiger partial charge is 0.345 e. The van der Waals surface area contributed by atoms with Crippen LogP contribution >= 0.6 is 0 Å². The lowest BCUT2D eigenvalue weighted by Crippen LogP contribution is -2.64. The minimum absolute atomic E-state index is 0.0137. The number of amides is 1. The van der Waals surface area contributed by atoms with E-state index in [1.54, 1.807) is 6.33 Å². The number of piperidine rings is 1. The topological polar surface area (TPSA) is 49.0 Å². The molecule has 2 heterocycles. The van der Waals surface area contributed by atoms with Crippen LogP contribution in [0.4, 0.5) is 0 Å². The van der Waals surface area contributed by atoms with Gasteiger partial charge in [0.2, 0.25) is 0 Å². The Labute approximate surface area is 166 Å². The number of H-pyrrole nitrogens is 1. The van der Waals surface area contributed by atoms with Crippen LogP contribution in [0.15, 0.2) is 42.7 Å².